The van der Waals surface area contributed by atoms with Gasteiger partial charge in [0.2, 0.25) is 0 Å². The van der Waals surface area contributed by atoms with Gasteiger partial charge in [0, 0.05) is 11.6 Å². The topological polar surface area (TPSA) is 97.5 Å². The van der Waals surface area contributed by atoms with Crippen LogP contribution in [0.3, 0.4) is 0 Å². The van der Waals surface area contributed by atoms with E-state index in [1.54, 1.807) is 30.3 Å². The summed E-state index contributed by atoms with van der Waals surface area (Å²) in [4.78, 5) is 33.8. The number of phenolic OH excluding ortho intramolecular Hbond substituents is 1. The number of hydrogen-bond donors (Lipinski definition) is 1. The summed E-state index contributed by atoms with van der Waals surface area (Å²) in [5.41, 5.74) is -0.0319. The summed E-state index contributed by atoms with van der Waals surface area (Å²) in [7, 11) is 0. The van der Waals surface area contributed by atoms with Crippen LogP contribution in [0, 0.1) is 10.1 Å². The van der Waals surface area contributed by atoms with Gasteiger partial charge in [0.05, 0.1) is 23.0 Å². The maximum atomic E-state index is 12.0. The molecule has 0 radical (unpaired) electrons. The minimum absolute atomic E-state index is 0.107. The highest BCUT2D eigenvalue weighted by Gasteiger charge is 2.18. The van der Waals surface area contributed by atoms with E-state index in [1.165, 1.54) is 0 Å². The lowest BCUT2D eigenvalue weighted by molar-refractivity contribution is -0.384. The van der Waals surface area contributed by atoms with Gasteiger partial charge >= 0.3 is 0 Å². The van der Waals surface area contributed by atoms with Gasteiger partial charge in [0.15, 0.2) is 11.6 Å². The van der Waals surface area contributed by atoms with Gasteiger partial charge in [-0.2, -0.15) is 0 Å². The quantitative estimate of drug-likeness (QED) is 0.394. The van der Waals surface area contributed by atoms with Crippen LogP contribution in [0.25, 0.3) is 0 Å². The fourth-order valence-electron chi connectivity index (χ4n) is 1.84. The lowest BCUT2D eigenvalue weighted by Crippen LogP contribution is -2.09. The largest absolute Gasteiger partial charge is 0.507 e. The van der Waals surface area contributed by atoms with Crippen molar-refractivity contribution in [2.45, 2.75) is 6.42 Å². The van der Waals surface area contributed by atoms with Crippen LogP contribution >= 0.6 is 0 Å². The normalized spacial score (nSPS) is 10.1. The predicted molar refractivity (Wildman–Crippen MR) is 74.5 cm³/mol. The molecule has 0 heterocycles. The van der Waals surface area contributed by atoms with Crippen molar-refractivity contribution in [2.24, 2.45) is 0 Å². The van der Waals surface area contributed by atoms with Gasteiger partial charge < -0.3 is 5.11 Å². The molecule has 0 saturated heterocycles. The summed E-state index contributed by atoms with van der Waals surface area (Å²) < 4.78 is 0. The molecule has 0 aliphatic rings. The van der Waals surface area contributed by atoms with Crippen molar-refractivity contribution < 1.29 is 19.6 Å². The zero-order chi connectivity index (χ0) is 15.4. The minimum atomic E-state index is -0.677. The summed E-state index contributed by atoms with van der Waals surface area (Å²) >= 11 is 0. The molecule has 0 bridgehead atoms. The van der Waals surface area contributed by atoms with Gasteiger partial charge in [0.1, 0.15) is 5.75 Å². The Hall–Kier alpha value is -3.02. The van der Waals surface area contributed by atoms with Crippen LogP contribution < -0.4 is 0 Å². The van der Waals surface area contributed by atoms with Crippen LogP contribution in [0.4, 0.5) is 5.69 Å². The fourth-order valence-corrected chi connectivity index (χ4v) is 1.84. The Labute approximate surface area is 119 Å². The smallest absolute Gasteiger partial charge is 0.273 e. The third-order valence-corrected chi connectivity index (χ3v) is 2.91. The molecule has 0 amide bonds. The van der Waals surface area contributed by atoms with Gasteiger partial charge in [-0.1, -0.05) is 30.3 Å². The van der Waals surface area contributed by atoms with E-state index in [-0.39, 0.29) is 17.0 Å². The zero-order valence-corrected chi connectivity index (χ0v) is 10.9. The zero-order valence-electron chi connectivity index (χ0n) is 10.9. The predicted octanol–water partition coefficient (Wildman–Crippen LogP) is 2.76. The highest BCUT2D eigenvalue weighted by Crippen LogP contribution is 2.24. The summed E-state index contributed by atoms with van der Waals surface area (Å²) in [5, 5.41) is 20.2. The molecular weight excluding hydrogens is 274 g/mol. The molecule has 2 aromatic carbocycles. The van der Waals surface area contributed by atoms with Crippen molar-refractivity contribution in [2.75, 3.05) is 0 Å². The second kappa shape index (κ2) is 5.96. The number of ketones is 2. The molecule has 1 N–H and O–H groups in total. The number of nitro benzene ring substituents is 1. The first kappa shape index (κ1) is 14.4. The maximum Gasteiger partial charge on any atom is 0.273 e. The third-order valence-electron chi connectivity index (χ3n) is 2.91. The molecule has 0 saturated carbocycles. The number of Topliss-reactive ketones (excluding diaryl/α,β-unsaturated/α-hetero) is 2. The average Bonchev–Trinajstić information content (AvgIpc) is 2.47. The van der Waals surface area contributed by atoms with E-state index in [2.05, 4.69) is 0 Å². The SMILES string of the molecule is O=C(CC(=O)c1ccc([N+](=O)[O-])cc1O)c1ccccc1. The summed E-state index contributed by atoms with van der Waals surface area (Å²) in [6, 6.07) is 11.4. The number of rotatable bonds is 5. The van der Waals surface area contributed by atoms with Crippen LogP contribution in [0.15, 0.2) is 48.5 Å². The Morgan fingerprint density at radius 2 is 1.71 bits per heavy atom. The highest BCUT2D eigenvalue weighted by atomic mass is 16.6. The van der Waals surface area contributed by atoms with Crippen molar-refractivity contribution in [3.8, 4) is 5.75 Å². The number of benzene rings is 2. The van der Waals surface area contributed by atoms with E-state index in [0.717, 1.165) is 18.2 Å². The Morgan fingerprint density at radius 1 is 1.05 bits per heavy atom. The number of aromatic hydroxyl groups is 1. The molecule has 0 aliphatic heterocycles. The van der Waals surface area contributed by atoms with E-state index < -0.39 is 22.9 Å². The number of carbonyl (C=O) groups excluding carboxylic acids is 2. The lowest BCUT2D eigenvalue weighted by atomic mass is 10.0. The van der Waals surface area contributed by atoms with E-state index in [9.17, 15) is 24.8 Å². The molecule has 0 atom stereocenters. The Bertz CT molecular complexity index is 709. The summed E-state index contributed by atoms with van der Waals surface area (Å²) in [5.74, 6) is -1.47. The average molecular weight is 285 g/mol. The number of non-ortho nitro benzene ring substituents is 1. The second-order valence-electron chi connectivity index (χ2n) is 4.35. The van der Waals surface area contributed by atoms with Crippen molar-refractivity contribution >= 4 is 17.3 Å². The van der Waals surface area contributed by atoms with Crippen molar-refractivity contribution in [1.82, 2.24) is 0 Å². The van der Waals surface area contributed by atoms with E-state index >= 15 is 0 Å². The van der Waals surface area contributed by atoms with Gasteiger partial charge in [-0.15, -0.1) is 0 Å². The lowest BCUT2D eigenvalue weighted by Gasteiger charge is -2.03. The summed E-state index contributed by atoms with van der Waals surface area (Å²) in [6.07, 6.45) is -0.407. The minimum Gasteiger partial charge on any atom is -0.507 e. The molecule has 0 spiro atoms. The Balaban J connectivity index is 2.18. The Morgan fingerprint density at radius 3 is 2.29 bits per heavy atom. The standard InChI is InChI=1S/C15H11NO5/c17-13(10-4-2-1-3-5-10)9-15(19)12-7-6-11(16(20)21)8-14(12)18/h1-8,18H,9H2. The molecule has 0 aromatic heterocycles. The number of phenols is 1. The second-order valence-corrected chi connectivity index (χ2v) is 4.35. The molecule has 6 nitrogen and oxygen atoms in total. The molecule has 21 heavy (non-hydrogen) atoms. The number of nitrogens with zero attached hydrogens (tertiary/aromatic N) is 1. The third kappa shape index (κ3) is 3.30. The number of hydrogen-bond acceptors (Lipinski definition) is 5. The number of nitro groups is 1. The fraction of sp³-hybridized carbons (Fsp3) is 0.0667. The first-order valence-corrected chi connectivity index (χ1v) is 6.08. The molecular formula is C15H11NO5. The Kier molecular flexibility index (Phi) is 4.08. The van der Waals surface area contributed by atoms with Crippen molar-refractivity contribution in [1.29, 1.82) is 0 Å². The van der Waals surface area contributed by atoms with Crippen LogP contribution in [0.2, 0.25) is 0 Å². The molecule has 2 rings (SSSR count). The first-order chi connectivity index (χ1) is 9.99. The molecule has 6 heteroatoms. The molecule has 0 fully saturated rings. The van der Waals surface area contributed by atoms with Crippen LogP contribution in [0.5, 0.6) is 5.75 Å². The molecule has 106 valence electrons. The molecule has 0 unspecified atom stereocenters. The van der Waals surface area contributed by atoms with Gasteiger partial charge in [-0.05, 0) is 6.07 Å². The van der Waals surface area contributed by atoms with Crippen molar-refractivity contribution in [3.05, 3.63) is 69.8 Å². The maximum absolute atomic E-state index is 12.0. The van der Waals surface area contributed by atoms with Crippen LogP contribution in [-0.4, -0.2) is 21.6 Å². The van der Waals surface area contributed by atoms with E-state index in [1.807, 2.05) is 0 Å². The van der Waals surface area contributed by atoms with Crippen LogP contribution in [-0.2, 0) is 0 Å². The monoisotopic (exact) mass is 285 g/mol. The van der Waals surface area contributed by atoms with Gasteiger partial charge in [-0.25, -0.2) is 0 Å². The van der Waals surface area contributed by atoms with E-state index in [0.29, 0.717) is 5.56 Å². The molecule has 0 aliphatic carbocycles. The van der Waals surface area contributed by atoms with Gasteiger partial charge in [-0.3, -0.25) is 19.7 Å². The summed E-state index contributed by atoms with van der Waals surface area (Å²) in [6.45, 7) is 0. The van der Waals surface area contributed by atoms with Gasteiger partial charge in [0.25, 0.3) is 5.69 Å². The van der Waals surface area contributed by atoms with E-state index in [4.69, 9.17) is 0 Å². The first-order valence-electron chi connectivity index (χ1n) is 6.08. The van der Waals surface area contributed by atoms with Crippen LogP contribution in [0.1, 0.15) is 27.1 Å². The van der Waals surface area contributed by atoms with Crippen molar-refractivity contribution in [3.63, 3.8) is 0 Å². The number of carbonyl (C=O) groups is 2. The highest BCUT2D eigenvalue weighted by molar-refractivity contribution is 6.14. The molecule has 2 aromatic rings.